The first kappa shape index (κ1) is 14.8. The first-order valence-corrected chi connectivity index (χ1v) is 7.18. The molecule has 0 radical (unpaired) electrons. The minimum atomic E-state index is -0.864. The summed E-state index contributed by atoms with van der Waals surface area (Å²) in [5.41, 5.74) is 6.45. The Morgan fingerprint density at radius 1 is 1.30 bits per heavy atom. The SMILES string of the molecule is CCCCC(CC)Cn1c(N)nc2ccc(F)c(F)c21. The zero-order valence-electron chi connectivity index (χ0n) is 12.0. The Hall–Kier alpha value is -1.65. The van der Waals surface area contributed by atoms with Crippen LogP contribution >= 0.6 is 0 Å². The molecule has 2 rings (SSSR count). The Balaban J connectivity index is 2.37. The molecule has 0 aliphatic carbocycles. The summed E-state index contributed by atoms with van der Waals surface area (Å²) in [4.78, 5) is 4.12. The topological polar surface area (TPSA) is 43.8 Å². The van der Waals surface area contributed by atoms with Gasteiger partial charge in [-0.15, -0.1) is 0 Å². The molecule has 1 heterocycles. The number of hydrogen-bond acceptors (Lipinski definition) is 2. The Morgan fingerprint density at radius 2 is 2.05 bits per heavy atom. The zero-order chi connectivity index (χ0) is 14.7. The first-order chi connectivity index (χ1) is 9.58. The molecule has 0 aliphatic rings. The Morgan fingerprint density at radius 3 is 2.70 bits per heavy atom. The van der Waals surface area contributed by atoms with Crippen molar-refractivity contribution in [2.24, 2.45) is 5.92 Å². The van der Waals surface area contributed by atoms with Crippen LogP contribution in [0.1, 0.15) is 39.5 Å². The van der Waals surface area contributed by atoms with Crippen LogP contribution in [0, 0.1) is 17.6 Å². The van der Waals surface area contributed by atoms with Gasteiger partial charge in [-0.1, -0.05) is 33.1 Å². The standard InChI is InChI=1S/C15H21F2N3/c1-3-5-6-10(4-2)9-20-14-12(19-15(20)18)8-7-11(16)13(14)17/h7-8,10H,3-6,9H2,1-2H3,(H2,18,19). The fraction of sp³-hybridized carbons (Fsp3) is 0.533. The molecule has 1 unspecified atom stereocenters. The fourth-order valence-corrected chi connectivity index (χ4v) is 2.54. The number of nitrogens with zero attached hydrogens (tertiary/aromatic N) is 2. The number of benzene rings is 1. The van der Waals surface area contributed by atoms with Crippen molar-refractivity contribution in [1.29, 1.82) is 0 Å². The lowest BCUT2D eigenvalue weighted by Crippen LogP contribution is -2.13. The van der Waals surface area contributed by atoms with E-state index in [0.717, 1.165) is 31.7 Å². The summed E-state index contributed by atoms with van der Waals surface area (Å²) < 4.78 is 29.0. The smallest absolute Gasteiger partial charge is 0.201 e. The van der Waals surface area contributed by atoms with Crippen LogP contribution in [0.5, 0.6) is 0 Å². The third kappa shape index (κ3) is 2.76. The molecule has 1 atom stereocenters. The van der Waals surface area contributed by atoms with E-state index in [1.165, 1.54) is 6.07 Å². The minimum Gasteiger partial charge on any atom is -0.369 e. The van der Waals surface area contributed by atoms with Gasteiger partial charge in [0.1, 0.15) is 5.52 Å². The molecule has 0 bridgehead atoms. The van der Waals surface area contributed by atoms with Crippen LogP contribution in [0.3, 0.4) is 0 Å². The molecule has 5 heteroatoms. The Bertz CT molecular complexity index is 592. The van der Waals surface area contributed by atoms with Crippen LogP contribution < -0.4 is 5.73 Å². The van der Waals surface area contributed by atoms with Gasteiger partial charge in [-0.05, 0) is 24.5 Å². The number of aromatic nitrogens is 2. The first-order valence-electron chi connectivity index (χ1n) is 7.18. The maximum atomic E-state index is 14.0. The van der Waals surface area contributed by atoms with Gasteiger partial charge in [0, 0.05) is 6.54 Å². The van der Waals surface area contributed by atoms with Crippen LogP contribution in [0.2, 0.25) is 0 Å². The van der Waals surface area contributed by atoms with Crippen molar-refractivity contribution >= 4 is 17.0 Å². The quantitative estimate of drug-likeness (QED) is 0.865. The summed E-state index contributed by atoms with van der Waals surface area (Å²) in [7, 11) is 0. The van der Waals surface area contributed by atoms with E-state index in [-0.39, 0.29) is 11.5 Å². The van der Waals surface area contributed by atoms with Gasteiger partial charge >= 0.3 is 0 Å². The Labute approximate surface area is 117 Å². The normalized spacial score (nSPS) is 13.0. The van der Waals surface area contributed by atoms with E-state index in [2.05, 4.69) is 18.8 Å². The number of hydrogen-bond donors (Lipinski definition) is 1. The summed E-state index contributed by atoms with van der Waals surface area (Å²) >= 11 is 0. The van der Waals surface area contributed by atoms with Crippen LogP contribution in [0.15, 0.2) is 12.1 Å². The van der Waals surface area contributed by atoms with Crippen molar-refractivity contribution in [2.45, 2.75) is 46.1 Å². The molecule has 1 aromatic heterocycles. The molecular formula is C15H21F2N3. The van der Waals surface area contributed by atoms with Gasteiger partial charge in [0.05, 0.1) is 5.52 Å². The van der Waals surface area contributed by atoms with Crippen molar-refractivity contribution in [3.63, 3.8) is 0 Å². The number of nitrogens with two attached hydrogens (primary N) is 1. The van der Waals surface area contributed by atoms with Crippen molar-refractivity contribution in [2.75, 3.05) is 5.73 Å². The van der Waals surface area contributed by atoms with Crippen molar-refractivity contribution < 1.29 is 8.78 Å². The Kier molecular flexibility index (Phi) is 4.57. The number of unbranched alkanes of at least 4 members (excludes halogenated alkanes) is 1. The third-order valence-electron chi connectivity index (χ3n) is 3.81. The van der Waals surface area contributed by atoms with Gasteiger partial charge < -0.3 is 10.3 Å². The molecule has 20 heavy (non-hydrogen) atoms. The number of fused-ring (bicyclic) bond motifs is 1. The molecule has 0 saturated heterocycles. The molecule has 0 amide bonds. The third-order valence-corrected chi connectivity index (χ3v) is 3.81. The maximum absolute atomic E-state index is 14.0. The van der Waals surface area contributed by atoms with E-state index in [0.29, 0.717) is 18.0 Å². The molecule has 2 aromatic rings. The molecule has 0 aliphatic heterocycles. The lowest BCUT2D eigenvalue weighted by Gasteiger charge is -2.16. The highest BCUT2D eigenvalue weighted by Crippen LogP contribution is 2.26. The second-order valence-corrected chi connectivity index (χ2v) is 5.23. The number of nitrogen functional groups attached to an aromatic ring is 1. The van der Waals surface area contributed by atoms with Crippen molar-refractivity contribution in [1.82, 2.24) is 9.55 Å². The van der Waals surface area contributed by atoms with Gasteiger partial charge in [0.15, 0.2) is 11.6 Å². The molecule has 0 saturated carbocycles. The monoisotopic (exact) mass is 281 g/mol. The molecule has 3 nitrogen and oxygen atoms in total. The van der Waals surface area contributed by atoms with Crippen molar-refractivity contribution in [3.8, 4) is 0 Å². The second kappa shape index (κ2) is 6.20. The summed E-state index contributed by atoms with van der Waals surface area (Å²) in [6.45, 7) is 4.83. The highest BCUT2D eigenvalue weighted by Gasteiger charge is 2.18. The van der Waals surface area contributed by atoms with E-state index < -0.39 is 11.6 Å². The largest absolute Gasteiger partial charge is 0.369 e. The lowest BCUT2D eigenvalue weighted by molar-refractivity contribution is 0.395. The summed E-state index contributed by atoms with van der Waals surface area (Å²) in [6, 6.07) is 2.55. The van der Waals surface area contributed by atoms with Gasteiger partial charge in [-0.2, -0.15) is 0 Å². The predicted octanol–water partition coefficient (Wildman–Crippen LogP) is 4.11. The fourth-order valence-electron chi connectivity index (χ4n) is 2.54. The van der Waals surface area contributed by atoms with E-state index in [9.17, 15) is 8.78 Å². The van der Waals surface area contributed by atoms with Gasteiger partial charge in [0.2, 0.25) is 5.95 Å². The predicted molar refractivity (Wildman–Crippen MR) is 77.4 cm³/mol. The number of imidazole rings is 1. The van der Waals surface area contributed by atoms with Gasteiger partial charge in [0.25, 0.3) is 0 Å². The molecule has 2 N–H and O–H groups in total. The van der Waals surface area contributed by atoms with E-state index in [4.69, 9.17) is 5.73 Å². The van der Waals surface area contributed by atoms with Gasteiger partial charge in [-0.3, -0.25) is 0 Å². The second-order valence-electron chi connectivity index (χ2n) is 5.23. The average Bonchev–Trinajstić information content (AvgIpc) is 2.75. The maximum Gasteiger partial charge on any atom is 0.201 e. The minimum absolute atomic E-state index is 0.178. The summed E-state index contributed by atoms with van der Waals surface area (Å²) in [6.07, 6.45) is 4.29. The molecule has 0 fully saturated rings. The highest BCUT2D eigenvalue weighted by atomic mass is 19.2. The molecule has 110 valence electrons. The molecular weight excluding hydrogens is 260 g/mol. The zero-order valence-corrected chi connectivity index (χ0v) is 12.0. The van der Waals surface area contributed by atoms with E-state index >= 15 is 0 Å². The van der Waals surface area contributed by atoms with Crippen molar-refractivity contribution in [3.05, 3.63) is 23.8 Å². The number of halogens is 2. The number of anilines is 1. The number of rotatable bonds is 6. The van der Waals surface area contributed by atoms with Crippen LogP contribution in [-0.2, 0) is 6.54 Å². The van der Waals surface area contributed by atoms with Crippen LogP contribution in [0.25, 0.3) is 11.0 Å². The van der Waals surface area contributed by atoms with Gasteiger partial charge in [-0.25, -0.2) is 13.8 Å². The lowest BCUT2D eigenvalue weighted by atomic mass is 9.99. The highest BCUT2D eigenvalue weighted by molar-refractivity contribution is 5.79. The summed E-state index contributed by atoms with van der Waals surface area (Å²) in [5, 5.41) is 0. The van der Waals surface area contributed by atoms with E-state index in [1.807, 2.05) is 0 Å². The van der Waals surface area contributed by atoms with Crippen LogP contribution in [-0.4, -0.2) is 9.55 Å². The van der Waals surface area contributed by atoms with Crippen LogP contribution in [0.4, 0.5) is 14.7 Å². The van der Waals surface area contributed by atoms with E-state index in [1.54, 1.807) is 4.57 Å². The summed E-state index contributed by atoms with van der Waals surface area (Å²) in [5.74, 6) is -1.07. The average molecular weight is 281 g/mol. The molecule has 0 spiro atoms. The molecule has 1 aromatic carbocycles.